The van der Waals surface area contributed by atoms with E-state index in [1.165, 1.54) is 77.5 Å². The third-order valence-corrected chi connectivity index (χ3v) is 12.1. The zero-order valence-electron chi connectivity index (χ0n) is 30.7. The maximum absolute atomic E-state index is 2.39. The van der Waals surface area contributed by atoms with Crippen molar-refractivity contribution in [2.75, 3.05) is 4.90 Å². The molecule has 53 heavy (non-hydrogen) atoms. The highest BCUT2D eigenvalue weighted by atomic mass is 15.1. The van der Waals surface area contributed by atoms with E-state index in [-0.39, 0.29) is 10.8 Å². The SMILES string of the molecule is CC1(C)c2ccccc2-c2cc(-c3ccc(N(c4ccc(-c5cccc6c5C(C)(C)c5ccccc5-6)cc4)c4ccc5ccccc5c4)cc3)ccc21. The zero-order chi connectivity index (χ0) is 35.9. The molecule has 10 rings (SSSR count). The first-order chi connectivity index (χ1) is 25.8. The second kappa shape index (κ2) is 11.7. The lowest BCUT2D eigenvalue weighted by molar-refractivity contribution is 0.660. The summed E-state index contributed by atoms with van der Waals surface area (Å²) in [7, 11) is 0. The van der Waals surface area contributed by atoms with Crippen LogP contribution < -0.4 is 4.90 Å². The van der Waals surface area contributed by atoms with Crippen LogP contribution >= 0.6 is 0 Å². The monoisotopic (exact) mass is 679 g/mol. The van der Waals surface area contributed by atoms with Crippen LogP contribution in [0.5, 0.6) is 0 Å². The van der Waals surface area contributed by atoms with E-state index in [4.69, 9.17) is 0 Å². The molecule has 254 valence electrons. The Morgan fingerprint density at radius 2 is 0.830 bits per heavy atom. The lowest BCUT2D eigenvalue weighted by atomic mass is 9.79. The average Bonchev–Trinajstić information content (AvgIpc) is 3.58. The summed E-state index contributed by atoms with van der Waals surface area (Å²) in [5.74, 6) is 0. The maximum Gasteiger partial charge on any atom is 0.0468 e. The minimum Gasteiger partial charge on any atom is -0.310 e. The normalized spacial score (nSPS) is 14.3. The van der Waals surface area contributed by atoms with Crippen molar-refractivity contribution in [3.8, 4) is 44.5 Å². The van der Waals surface area contributed by atoms with Crippen LogP contribution in [0.25, 0.3) is 55.3 Å². The van der Waals surface area contributed by atoms with E-state index in [9.17, 15) is 0 Å². The van der Waals surface area contributed by atoms with Gasteiger partial charge in [-0.25, -0.2) is 0 Å². The third kappa shape index (κ3) is 4.84. The molecule has 2 aliphatic rings. The summed E-state index contributed by atoms with van der Waals surface area (Å²) in [5.41, 5.74) is 19.3. The molecule has 0 amide bonds. The van der Waals surface area contributed by atoms with E-state index < -0.39 is 0 Å². The minimum absolute atomic E-state index is 0.00593. The topological polar surface area (TPSA) is 3.24 Å². The van der Waals surface area contributed by atoms with Crippen molar-refractivity contribution in [2.24, 2.45) is 0 Å². The van der Waals surface area contributed by atoms with Crippen molar-refractivity contribution in [2.45, 2.75) is 38.5 Å². The molecule has 0 bridgehead atoms. The van der Waals surface area contributed by atoms with Gasteiger partial charge in [0.05, 0.1) is 0 Å². The molecule has 0 atom stereocenters. The van der Waals surface area contributed by atoms with Crippen LogP contribution in [0.1, 0.15) is 49.9 Å². The predicted octanol–water partition coefficient (Wildman–Crippen LogP) is 14.3. The molecule has 1 heteroatoms. The van der Waals surface area contributed by atoms with Gasteiger partial charge in [0.1, 0.15) is 0 Å². The number of rotatable bonds is 5. The van der Waals surface area contributed by atoms with Crippen molar-refractivity contribution >= 4 is 27.8 Å². The Hall–Kier alpha value is -6.18. The summed E-state index contributed by atoms with van der Waals surface area (Å²) >= 11 is 0. The summed E-state index contributed by atoms with van der Waals surface area (Å²) in [6.45, 7) is 9.41. The minimum atomic E-state index is -0.0709. The molecule has 8 aromatic carbocycles. The van der Waals surface area contributed by atoms with Crippen LogP contribution in [0, 0.1) is 0 Å². The standard InChI is InChI=1S/C52H41N/c1-51(2)47-18-9-8-15-44(47)46-33-38(25-31-49(46)51)35-20-26-39(27-21-35)53(41-30-22-34-12-5-6-13-37(34)32-41)40-28-23-36(24-29-40)42-16-11-17-45-43-14-7-10-19-48(43)52(3,4)50(42)45/h5-33H,1-4H3. The van der Waals surface area contributed by atoms with Gasteiger partial charge < -0.3 is 4.90 Å². The lowest BCUT2D eigenvalue weighted by Gasteiger charge is -2.27. The van der Waals surface area contributed by atoms with E-state index in [0.717, 1.165) is 17.1 Å². The number of anilines is 3. The number of hydrogen-bond acceptors (Lipinski definition) is 1. The van der Waals surface area contributed by atoms with E-state index >= 15 is 0 Å². The number of hydrogen-bond donors (Lipinski definition) is 0. The molecule has 0 fully saturated rings. The molecule has 1 nitrogen and oxygen atoms in total. The van der Waals surface area contributed by atoms with Gasteiger partial charge in [-0.15, -0.1) is 0 Å². The van der Waals surface area contributed by atoms with Crippen LogP contribution in [0.15, 0.2) is 176 Å². The van der Waals surface area contributed by atoms with E-state index in [0.29, 0.717) is 0 Å². The molecule has 0 unspecified atom stereocenters. The van der Waals surface area contributed by atoms with Crippen LogP contribution in [-0.2, 0) is 10.8 Å². The molecule has 0 radical (unpaired) electrons. The van der Waals surface area contributed by atoms with Crippen molar-refractivity contribution in [1.29, 1.82) is 0 Å². The van der Waals surface area contributed by atoms with Gasteiger partial charge in [0.15, 0.2) is 0 Å². The third-order valence-electron chi connectivity index (χ3n) is 12.1. The van der Waals surface area contributed by atoms with Crippen LogP contribution in [0.3, 0.4) is 0 Å². The molecule has 0 N–H and O–H groups in total. The average molecular weight is 680 g/mol. The summed E-state index contributed by atoms with van der Waals surface area (Å²) in [5, 5.41) is 2.47. The Balaban J connectivity index is 1.04. The summed E-state index contributed by atoms with van der Waals surface area (Å²) in [4.78, 5) is 2.39. The van der Waals surface area contributed by atoms with Gasteiger partial charge in [0, 0.05) is 27.9 Å². The summed E-state index contributed by atoms with van der Waals surface area (Å²) in [6, 6.07) is 65.2. The maximum atomic E-state index is 2.39. The molecule has 8 aromatic rings. The van der Waals surface area contributed by atoms with Gasteiger partial charge in [-0.3, -0.25) is 0 Å². The molecule has 0 saturated carbocycles. The molecule has 0 aliphatic heterocycles. The Morgan fingerprint density at radius 3 is 1.55 bits per heavy atom. The lowest BCUT2D eigenvalue weighted by Crippen LogP contribution is -2.16. The van der Waals surface area contributed by atoms with Gasteiger partial charge in [-0.1, -0.05) is 161 Å². The van der Waals surface area contributed by atoms with Crippen molar-refractivity contribution in [3.63, 3.8) is 0 Å². The fraction of sp³-hybridized carbons (Fsp3) is 0.115. The Bertz CT molecular complexity index is 2710. The van der Waals surface area contributed by atoms with Crippen LogP contribution in [0.4, 0.5) is 17.1 Å². The largest absolute Gasteiger partial charge is 0.310 e. The quantitative estimate of drug-likeness (QED) is 0.175. The fourth-order valence-corrected chi connectivity index (χ4v) is 9.34. The van der Waals surface area contributed by atoms with Crippen LogP contribution in [-0.4, -0.2) is 0 Å². The summed E-state index contributed by atoms with van der Waals surface area (Å²) < 4.78 is 0. The van der Waals surface area contributed by atoms with Crippen LogP contribution in [0.2, 0.25) is 0 Å². The first-order valence-corrected chi connectivity index (χ1v) is 18.8. The van der Waals surface area contributed by atoms with Gasteiger partial charge >= 0.3 is 0 Å². The molecule has 0 aromatic heterocycles. The fourth-order valence-electron chi connectivity index (χ4n) is 9.34. The highest BCUT2D eigenvalue weighted by molar-refractivity contribution is 5.92. The molecule has 0 saturated heterocycles. The van der Waals surface area contributed by atoms with E-state index in [2.05, 4.69) is 209 Å². The van der Waals surface area contributed by atoms with E-state index in [1.54, 1.807) is 0 Å². The second-order valence-corrected chi connectivity index (χ2v) is 15.8. The first-order valence-electron chi connectivity index (χ1n) is 18.8. The van der Waals surface area contributed by atoms with Crippen molar-refractivity contribution in [3.05, 3.63) is 198 Å². The summed E-state index contributed by atoms with van der Waals surface area (Å²) in [6.07, 6.45) is 0. The number of benzene rings is 8. The highest BCUT2D eigenvalue weighted by Crippen LogP contribution is 2.53. The number of fused-ring (bicyclic) bond motifs is 7. The highest BCUT2D eigenvalue weighted by Gasteiger charge is 2.37. The second-order valence-electron chi connectivity index (χ2n) is 15.8. The van der Waals surface area contributed by atoms with Gasteiger partial charge in [-0.2, -0.15) is 0 Å². The molecule has 0 heterocycles. The Morgan fingerprint density at radius 1 is 0.321 bits per heavy atom. The first kappa shape index (κ1) is 31.5. The van der Waals surface area contributed by atoms with Crippen molar-refractivity contribution < 1.29 is 0 Å². The molecular weight excluding hydrogens is 639 g/mol. The van der Waals surface area contributed by atoms with Crippen molar-refractivity contribution in [1.82, 2.24) is 0 Å². The zero-order valence-corrected chi connectivity index (χ0v) is 30.7. The van der Waals surface area contributed by atoms with Gasteiger partial charge in [0.2, 0.25) is 0 Å². The predicted molar refractivity (Wildman–Crippen MR) is 225 cm³/mol. The van der Waals surface area contributed by atoms with E-state index in [1.807, 2.05) is 0 Å². The molecular formula is C52H41N. The molecule has 2 aliphatic carbocycles. The Labute approximate surface area is 312 Å². The molecule has 0 spiro atoms. The number of nitrogens with zero attached hydrogens (tertiary/aromatic N) is 1. The smallest absolute Gasteiger partial charge is 0.0468 e. The Kier molecular flexibility index (Phi) is 6.94. The van der Waals surface area contributed by atoms with Gasteiger partial charge in [0.25, 0.3) is 0 Å². The van der Waals surface area contributed by atoms with Gasteiger partial charge in [-0.05, 0) is 120 Å².